The zero-order valence-corrected chi connectivity index (χ0v) is 8.24. The molecule has 0 N–H and O–H groups in total. The summed E-state index contributed by atoms with van der Waals surface area (Å²) in [5.74, 6) is 0. The quantitative estimate of drug-likeness (QED) is 0.659. The Balaban J connectivity index is 2.80. The van der Waals surface area contributed by atoms with Gasteiger partial charge in [0.15, 0.2) is 0 Å². The van der Waals surface area contributed by atoms with Crippen LogP contribution in [0, 0.1) is 12.3 Å². The number of carbonyl (C=O) groups is 1. The SMILES string of the molecule is Cc1cc(CC(C)(C)C=O)ncn1. The summed E-state index contributed by atoms with van der Waals surface area (Å²) in [6.45, 7) is 5.72. The first kappa shape index (κ1) is 9.84. The molecule has 0 saturated heterocycles. The van der Waals surface area contributed by atoms with Crippen LogP contribution in [0.1, 0.15) is 25.2 Å². The molecule has 1 heterocycles. The highest BCUT2D eigenvalue weighted by Gasteiger charge is 2.17. The molecule has 0 atom stereocenters. The molecule has 0 unspecified atom stereocenters. The van der Waals surface area contributed by atoms with Crippen LogP contribution >= 0.6 is 0 Å². The average molecular weight is 178 g/mol. The molecule has 1 rings (SSSR count). The summed E-state index contributed by atoms with van der Waals surface area (Å²) in [5, 5.41) is 0. The summed E-state index contributed by atoms with van der Waals surface area (Å²) in [7, 11) is 0. The van der Waals surface area contributed by atoms with Gasteiger partial charge >= 0.3 is 0 Å². The van der Waals surface area contributed by atoms with E-state index in [1.54, 1.807) is 0 Å². The van der Waals surface area contributed by atoms with Gasteiger partial charge in [0, 0.05) is 23.2 Å². The highest BCUT2D eigenvalue weighted by molar-refractivity contribution is 5.58. The number of aldehydes is 1. The van der Waals surface area contributed by atoms with Crippen LogP contribution in [0.25, 0.3) is 0 Å². The third-order valence-corrected chi connectivity index (χ3v) is 1.82. The molecule has 0 fully saturated rings. The predicted molar refractivity (Wildman–Crippen MR) is 50.3 cm³/mol. The zero-order chi connectivity index (χ0) is 9.90. The lowest BCUT2D eigenvalue weighted by molar-refractivity contribution is -0.114. The van der Waals surface area contributed by atoms with E-state index in [-0.39, 0.29) is 5.41 Å². The summed E-state index contributed by atoms with van der Waals surface area (Å²) in [6, 6.07) is 1.91. The number of carbonyl (C=O) groups excluding carboxylic acids is 1. The highest BCUT2D eigenvalue weighted by atomic mass is 16.1. The molecule has 13 heavy (non-hydrogen) atoms. The molecule has 0 saturated carbocycles. The number of nitrogens with zero attached hydrogens (tertiary/aromatic N) is 2. The van der Waals surface area contributed by atoms with Crippen LogP contribution in [-0.4, -0.2) is 16.3 Å². The van der Waals surface area contributed by atoms with Crippen molar-refractivity contribution in [2.45, 2.75) is 27.2 Å². The van der Waals surface area contributed by atoms with Crippen molar-refractivity contribution in [2.75, 3.05) is 0 Å². The van der Waals surface area contributed by atoms with Crippen molar-refractivity contribution in [2.24, 2.45) is 5.41 Å². The fourth-order valence-electron chi connectivity index (χ4n) is 1.11. The number of hydrogen-bond acceptors (Lipinski definition) is 3. The van der Waals surface area contributed by atoms with Crippen LogP contribution in [0.3, 0.4) is 0 Å². The van der Waals surface area contributed by atoms with Gasteiger partial charge in [-0.25, -0.2) is 9.97 Å². The number of aromatic nitrogens is 2. The Morgan fingerprint density at radius 2 is 2.15 bits per heavy atom. The third-order valence-electron chi connectivity index (χ3n) is 1.82. The average Bonchev–Trinajstić information content (AvgIpc) is 2.03. The first-order valence-corrected chi connectivity index (χ1v) is 4.27. The van der Waals surface area contributed by atoms with E-state index in [0.717, 1.165) is 17.7 Å². The van der Waals surface area contributed by atoms with Gasteiger partial charge in [-0.05, 0) is 13.0 Å². The van der Waals surface area contributed by atoms with Crippen molar-refractivity contribution in [1.82, 2.24) is 9.97 Å². The van der Waals surface area contributed by atoms with Crippen LogP contribution in [0.15, 0.2) is 12.4 Å². The minimum Gasteiger partial charge on any atom is -0.303 e. The van der Waals surface area contributed by atoms with Crippen molar-refractivity contribution < 1.29 is 4.79 Å². The van der Waals surface area contributed by atoms with Gasteiger partial charge in [-0.3, -0.25) is 0 Å². The maximum atomic E-state index is 10.7. The normalized spacial score (nSPS) is 11.3. The van der Waals surface area contributed by atoms with Crippen LogP contribution in [0.2, 0.25) is 0 Å². The van der Waals surface area contributed by atoms with Gasteiger partial charge in [-0.2, -0.15) is 0 Å². The Hall–Kier alpha value is -1.25. The first-order chi connectivity index (χ1) is 6.03. The molecule has 0 bridgehead atoms. The van der Waals surface area contributed by atoms with Gasteiger partial charge in [-0.1, -0.05) is 13.8 Å². The molecule has 0 amide bonds. The summed E-state index contributed by atoms with van der Waals surface area (Å²) in [5.41, 5.74) is 1.53. The molecule has 0 aliphatic carbocycles. The molecule has 3 nitrogen and oxygen atoms in total. The molecule has 3 heteroatoms. The molecule has 0 spiro atoms. The van der Waals surface area contributed by atoms with Crippen LogP contribution in [-0.2, 0) is 11.2 Å². The first-order valence-electron chi connectivity index (χ1n) is 4.27. The van der Waals surface area contributed by atoms with Gasteiger partial charge in [0.05, 0.1) is 0 Å². The van der Waals surface area contributed by atoms with Gasteiger partial charge < -0.3 is 4.79 Å². The lowest BCUT2D eigenvalue weighted by Gasteiger charge is -2.15. The van der Waals surface area contributed by atoms with Crippen LogP contribution in [0.4, 0.5) is 0 Å². The maximum Gasteiger partial charge on any atom is 0.125 e. The van der Waals surface area contributed by atoms with Crippen LogP contribution in [0.5, 0.6) is 0 Å². The second-order valence-electron chi connectivity index (χ2n) is 3.93. The number of aryl methyl sites for hydroxylation is 1. The lowest BCUT2D eigenvalue weighted by atomic mass is 9.89. The Bertz CT molecular complexity index is 308. The monoisotopic (exact) mass is 178 g/mol. The third kappa shape index (κ3) is 2.93. The van der Waals surface area contributed by atoms with E-state index in [4.69, 9.17) is 0 Å². The van der Waals surface area contributed by atoms with Gasteiger partial charge in [0.25, 0.3) is 0 Å². The molecular formula is C10H14N2O. The standard InChI is InChI=1S/C10H14N2O/c1-8-4-9(12-7-11-8)5-10(2,3)6-13/h4,6-7H,5H2,1-3H3. The second-order valence-corrected chi connectivity index (χ2v) is 3.93. The van der Waals surface area contributed by atoms with Gasteiger partial charge in [0.1, 0.15) is 12.6 Å². The summed E-state index contributed by atoms with van der Waals surface area (Å²) < 4.78 is 0. The summed E-state index contributed by atoms with van der Waals surface area (Å²) in [6.07, 6.45) is 3.16. The second kappa shape index (κ2) is 3.64. The molecule has 1 aromatic heterocycles. The molecule has 0 aliphatic heterocycles. The Morgan fingerprint density at radius 3 is 2.69 bits per heavy atom. The molecule has 0 radical (unpaired) electrons. The Labute approximate surface area is 78.2 Å². The zero-order valence-electron chi connectivity index (χ0n) is 8.24. The minimum atomic E-state index is -0.333. The molecule has 70 valence electrons. The van der Waals surface area contributed by atoms with Crippen molar-refractivity contribution in [3.05, 3.63) is 23.8 Å². The lowest BCUT2D eigenvalue weighted by Crippen LogP contribution is -2.17. The maximum absolute atomic E-state index is 10.7. The van der Waals surface area contributed by atoms with Crippen molar-refractivity contribution in [1.29, 1.82) is 0 Å². The molecule has 0 aliphatic rings. The van der Waals surface area contributed by atoms with Crippen LogP contribution < -0.4 is 0 Å². The smallest absolute Gasteiger partial charge is 0.125 e. The fourth-order valence-corrected chi connectivity index (χ4v) is 1.11. The predicted octanol–water partition coefficient (Wildman–Crippen LogP) is 1.55. The van der Waals surface area contributed by atoms with Gasteiger partial charge in [-0.15, -0.1) is 0 Å². The Kier molecular flexibility index (Phi) is 2.76. The number of rotatable bonds is 3. The van der Waals surface area contributed by atoms with Crippen molar-refractivity contribution in [3.63, 3.8) is 0 Å². The molecular weight excluding hydrogens is 164 g/mol. The van der Waals surface area contributed by atoms with E-state index >= 15 is 0 Å². The van der Waals surface area contributed by atoms with E-state index in [1.807, 2.05) is 26.8 Å². The summed E-state index contributed by atoms with van der Waals surface area (Å²) in [4.78, 5) is 18.8. The minimum absolute atomic E-state index is 0.333. The Morgan fingerprint density at radius 1 is 1.46 bits per heavy atom. The topological polar surface area (TPSA) is 42.9 Å². The van der Waals surface area contributed by atoms with E-state index in [0.29, 0.717) is 6.42 Å². The molecule has 0 aromatic carbocycles. The van der Waals surface area contributed by atoms with E-state index in [9.17, 15) is 4.79 Å². The summed E-state index contributed by atoms with van der Waals surface area (Å²) >= 11 is 0. The largest absolute Gasteiger partial charge is 0.303 e. The van der Waals surface area contributed by atoms with E-state index in [2.05, 4.69) is 9.97 Å². The van der Waals surface area contributed by atoms with E-state index < -0.39 is 0 Å². The molecule has 1 aromatic rings. The number of hydrogen-bond donors (Lipinski definition) is 0. The van der Waals surface area contributed by atoms with Gasteiger partial charge in [0.2, 0.25) is 0 Å². The highest BCUT2D eigenvalue weighted by Crippen LogP contribution is 2.17. The fraction of sp³-hybridized carbons (Fsp3) is 0.500. The van der Waals surface area contributed by atoms with Crippen molar-refractivity contribution in [3.8, 4) is 0 Å². The van der Waals surface area contributed by atoms with E-state index in [1.165, 1.54) is 6.33 Å². The van der Waals surface area contributed by atoms with Crippen molar-refractivity contribution >= 4 is 6.29 Å².